The standard InChI is InChI=1S/C42H58N4O2.C2HF3O2/c1-27(41(47)43-31-15-11-29(12-16-31)23-25-45-37-19-20-38(45)34-8-4-3-7-33(34)37)28(2)42(48)44-32-17-13-30(14-18-32)24-26-46-39-21-22-40(46)36-10-6-5-9-35(36)39;3-2(4,5)1(6)7/h3-10,27-32,37-40H,11-26H2,1-2H3,(H,43,47)(H,44,48);(H,6,7)/t27?,28?,29-,30-,31-,32-,37-,38+,39-,40+;. The predicted octanol–water partition coefficient (Wildman–Crippen LogP) is 8.81. The molecular weight excluding hydrogens is 706 g/mol. The van der Waals surface area contributed by atoms with Gasteiger partial charge in [-0.1, -0.05) is 62.4 Å². The number of rotatable bonds is 11. The maximum Gasteiger partial charge on any atom is 0.490 e. The molecule has 4 bridgehead atoms. The predicted molar refractivity (Wildman–Crippen MR) is 205 cm³/mol. The first-order chi connectivity index (χ1) is 26.4. The van der Waals surface area contributed by atoms with Crippen molar-refractivity contribution < 1.29 is 32.7 Å². The van der Waals surface area contributed by atoms with Gasteiger partial charge < -0.3 is 15.7 Å². The number of carboxylic acids is 1. The Balaban J connectivity index is 0.000000609. The summed E-state index contributed by atoms with van der Waals surface area (Å²) in [5.41, 5.74) is 6.30. The van der Waals surface area contributed by atoms with Crippen molar-refractivity contribution in [2.24, 2.45) is 23.7 Å². The molecule has 11 heteroatoms. The molecule has 2 unspecified atom stereocenters. The molecule has 0 aromatic heterocycles. The molecule has 4 fully saturated rings. The van der Waals surface area contributed by atoms with Crippen molar-refractivity contribution in [3.05, 3.63) is 70.8 Å². The van der Waals surface area contributed by atoms with Crippen LogP contribution in [0.1, 0.15) is 150 Å². The fourth-order valence-electron chi connectivity index (χ4n) is 10.9. The number of alkyl halides is 3. The highest BCUT2D eigenvalue weighted by Crippen LogP contribution is 2.54. The van der Waals surface area contributed by atoms with Crippen LogP contribution in [0.5, 0.6) is 0 Å². The van der Waals surface area contributed by atoms with E-state index in [2.05, 4.69) is 69.0 Å². The molecule has 2 saturated carbocycles. The van der Waals surface area contributed by atoms with Crippen molar-refractivity contribution in [3.8, 4) is 0 Å². The Hall–Kier alpha value is -3.44. The lowest BCUT2D eigenvalue weighted by Gasteiger charge is -2.33. The van der Waals surface area contributed by atoms with Crippen molar-refractivity contribution in [1.82, 2.24) is 20.4 Å². The van der Waals surface area contributed by atoms with Crippen LogP contribution in [0.2, 0.25) is 0 Å². The van der Waals surface area contributed by atoms with Crippen molar-refractivity contribution in [1.29, 1.82) is 0 Å². The number of benzene rings is 2. The van der Waals surface area contributed by atoms with Gasteiger partial charge in [-0.3, -0.25) is 19.4 Å². The van der Waals surface area contributed by atoms with E-state index in [0.29, 0.717) is 24.2 Å². The number of hydrogen-bond donors (Lipinski definition) is 3. The summed E-state index contributed by atoms with van der Waals surface area (Å²) in [5.74, 6) is -1.77. The Kier molecular flexibility index (Phi) is 12.3. The second-order valence-electron chi connectivity index (χ2n) is 17.4. The van der Waals surface area contributed by atoms with Gasteiger partial charge in [-0.2, -0.15) is 13.2 Å². The lowest BCUT2D eigenvalue weighted by atomic mass is 9.83. The summed E-state index contributed by atoms with van der Waals surface area (Å²) in [6.45, 7) is 6.28. The van der Waals surface area contributed by atoms with Crippen LogP contribution >= 0.6 is 0 Å². The zero-order chi connectivity index (χ0) is 38.9. The Labute approximate surface area is 324 Å². The number of fused-ring (bicyclic) bond motifs is 10. The van der Waals surface area contributed by atoms with Crippen LogP contribution in [0.15, 0.2) is 48.5 Å². The van der Waals surface area contributed by atoms with E-state index < -0.39 is 12.1 Å². The zero-order valence-corrected chi connectivity index (χ0v) is 32.4. The van der Waals surface area contributed by atoms with E-state index in [0.717, 1.165) is 37.5 Å². The molecule has 2 aromatic rings. The van der Waals surface area contributed by atoms with Crippen LogP contribution in [-0.2, 0) is 14.4 Å². The minimum atomic E-state index is -5.08. The van der Waals surface area contributed by atoms with Gasteiger partial charge in [0.1, 0.15) is 0 Å². The Bertz CT molecular complexity index is 1500. The second-order valence-corrected chi connectivity index (χ2v) is 17.4. The average Bonchev–Trinajstić information content (AvgIpc) is 3.95. The quantitative estimate of drug-likeness (QED) is 0.212. The van der Waals surface area contributed by atoms with E-state index in [1.54, 1.807) is 22.3 Å². The maximum atomic E-state index is 13.3. The molecule has 300 valence electrons. The number of carbonyl (C=O) groups excluding carboxylic acids is 2. The van der Waals surface area contributed by atoms with E-state index >= 15 is 0 Å². The average molecular weight is 765 g/mol. The molecule has 8 nitrogen and oxygen atoms in total. The number of halogens is 3. The van der Waals surface area contributed by atoms with E-state index in [9.17, 15) is 22.8 Å². The van der Waals surface area contributed by atoms with Crippen molar-refractivity contribution in [2.45, 2.75) is 146 Å². The zero-order valence-electron chi connectivity index (χ0n) is 32.4. The Morgan fingerprint density at radius 2 is 0.891 bits per heavy atom. The smallest absolute Gasteiger partial charge is 0.475 e. The molecule has 2 saturated heterocycles. The van der Waals surface area contributed by atoms with Gasteiger partial charge in [-0.25, -0.2) is 4.79 Å². The van der Waals surface area contributed by atoms with Crippen LogP contribution in [0.25, 0.3) is 0 Å². The second kappa shape index (κ2) is 17.0. The molecule has 4 aliphatic heterocycles. The van der Waals surface area contributed by atoms with Crippen LogP contribution in [0.4, 0.5) is 13.2 Å². The van der Waals surface area contributed by atoms with Gasteiger partial charge in [0.25, 0.3) is 0 Å². The first kappa shape index (κ1) is 39.8. The Morgan fingerprint density at radius 3 is 1.16 bits per heavy atom. The topological polar surface area (TPSA) is 102 Å². The molecular formula is C44H59F3N4O4. The van der Waals surface area contributed by atoms with Crippen molar-refractivity contribution >= 4 is 17.8 Å². The van der Waals surface area contributed by atoms with Gasteiger partial charge in [0.2, 0.25) is 11.8 Å². The van der Waals surface area contributed by atoms with Crippen LogP contribution in [0.3, 0.4) is 0 Å². The van der Waals surface area contributed by atoms with E-state index in [1.807, 2.05) is 13.8 Å². The number of nitrogens with zero attached hydrogens (tertiary/aromatic N) is 2. The SMILES string of the molecule is CC(C(=O)N[C@H]1CC[C@H](CCN2[C@@H]3CC[C@H]2c2ccccc23)CC1)C(C)C(=O)N[C@H]1CC[C@H](CCN2[C@@H]3CC[C@H]2c2ccccc23)CC1.O=C(O)C(F)(F)F. The molecule has 3 N–H and O–H groups in total. The largest absolute Gasteiger partial charge is 0.490 e. The summed E-state index contributed by atoms with van der Waals surface area (Å²) in [6, 6.07) is 21.2. The number of carbonyl (C=O) groups is 3. The van der Waals surface area contributed by atoms with E-state index in [1.165, 1.54) is 77.3 Å². The van der Waals surface area contributed by atoms with Crippen LogP contribution in [-0.4, -0.2) is 64.0 Å². The van der Waals surface area contributed by atoms with E-state index in [-0.39, 0.29) is 35.7 Å². The highest BCUT2D eigenvalue weighted by molar-refractivity contribution is 5.87. The summed E-state index contributed by atoms with van der Waals surface area (Å²) in [4.78, 5) is 41.0. The van der Waals surface area contributed by atoms with Gasteiger partial charge in [-0.05, 0) is 137 Å². The summed E-state index contributed by atoms with van der Waals surface area (Å²) >= 11 is 0. The minimum Gasteiger partial charge on any atom is -0.475 e. The number of aliphatic carboxylic acids is 1. The minimum absolute atomic E-state index is 0.0502. The van der Waals surface area contributed by atoms with Gasteiger partial charge in [0.15, 0.2) is 0 Å². The third kappa shape index (κ3) is 8.78. The van der Waals surface area contributed by atoms with Gasteiger partial charge in [-0.15, -0.1) is 0 Å². The molecule has 2 aliphatic carbocycles. The Morgan fingerprint density at radius 1 is 0.600 bits per heavy atom. The fourth-order valence-corrected chi connectivity index (χ4v) is 10.9. The highest BCUT2D eigenvalue weighted by Gasteiger charge is 2.45. The molecule has 8 rings (SSSR count). The number of nitrogens with one attached hydrogen (secondary N) is 2. The fraction of sp³-hybridized carbons (Fsp3) is 0.659. The van der Waals surface area contributed by atoms with Gasteiger partial charge in [0.05, 0.1) is 0 Å². The third-order valence-corrected chi connectivity index (χ3v) is 14.3. The highest BCUT2D eigenvalue weighted by atomic mass is 19.4. The first-order valence-electron chi connectivity index (χ1n) is 21.0. The molecule has 0 spiro atoms. The van der Waals surface area contributed by atoms with Crippen LogP contribution < -0.4 is 10.6 Å². The number of hydrogen-bond acceptors (Lipinski definition) is 5. The van der Waals surface area contributed by atoms with Crippen molar-refractivity contribution in [2.75, 3.05) is 13.1 Å². The molecule has 6 atom stereocenters. The first-order valence-corrected chi connectivity index (χ1v) is 21.0. The molecule has 2 amide bonds. The molecule has 2 aromatic carbocycles. The lowest BCUT2D eigenvalue weighted by Crippen LogP contribution is -2.46. The summed E-state index contributed by atoms with van der Waals surface area (Å²) in [5, 5.41) is 13.8. The lowest BCUT2D eigenvalue weighted by molar-refractivity contribution is -0.192. The van der Waals surface area contributed by atoms with E-state index in [4.69, 9.17) is 9.90 Å². The van der Waals surface area contributed by atoms with Crippen LogP contribution in [0, 0.1) is 23.7 Å². The van der Waals surface area contributed by atoms with Gasteiger partial charge in [0, 0.05) is 48.1 Å². The van der Waals surface area contributed by atoms with Crippen molar-refractivity contribution in [3.63, 3.8) is 0 Å². The third-order valence-electron chi connectivity index (χ3n) is 14.3. The molecule has 55 heavy (non-hydrogen) atoms. The summed E-state index contributed by atoms with van der Waals surface area (Å²) in [7, 11) is 0. The number of carboxylic acid groups (broad SMARTS) is 1. The molecule has 4 heterocycles. The number of amides is 2. The van der Waals surface area contributed by atoms with Gasteiger partial charge >= 0.3 is 12.1 Å². The summed E-state index contributed by atoms with van der Waals surface area (Å²) in [6.07, 6.45) is 11.7. The summed E-state index contributed by atoms with van der Waals surface area (Å²) < 4.78 is 31.7. The molecule has 6 aliphatic rings. The normalized spacial score (nSPS) is 30.8. The monoisotopic (exact) mass is 764 g/mol. The molecule has 0 radical (unpaired) electrons. The maximum absolute atomic E-state index is 13.3.